The summed E-state index contributed by atoms with van der Waals surface area (Å²) in [5.74, 6) is 0.286. The van der Waals surface area contributed by atoms with Gasteiger partial charge in [-0.15, -0.1) is 0 Å². The van der Waals surface area contributed by atoms with Crippen LogP contribution in [-0.2, 0) is 0 Å². The van der Waals surface area contributed by atoms with Gasteiger partial charge in [0.15, 0.2) is 0 Å². The number of rotatable bonds is 4. The molecule has 0 saturated carbocycles. The third-order valence-corrected chi connectivity index (χ3v) is 7.77. The molecular weight excluding hydrogens is 560 g/mol. The van der Waals surface area contributed by atoms with Crippen molar-refractivity contribution in [2.45, 2.75) is 31.5 Å². The highest BCUT2D eigenvalue weighted by atomic mass is 79.9. The molecule has 0 spiro atoms. The predicted octanol–water partition coefficient (Wildman–Crippen LogP) is 5.08. The van der Waals surface area contributed by atoms with Crippen molar-refractivity contribution in [1.82, 2.24) is 19.4 Å². The van der Waals surface area contributed by atoms with Gasteiger partial charge in [-0.2, -0.15) is 10.5 Å². The summed E-state index contributed by atoms with van der Waals surface area (Å²) in [7, 11) is 0. The molecule has 0 bridgehead atoms. The van der Waals surface area contributed by atoms with Crippen molar-refractivity contribution in [2.75, 3.05) is 19.6 Å². The van der Waals surface area contributed by atoms with Gasteiger partial charge in [-0.3, -0.25) is 9.69 Å². The van der Waals surface area contributed by atoms with Gasteiger partial charge in [-0.25, -0.2) is 4.98 Å². The van der Waals surface area contributed by atoms with Crippen LogP contribution in [0.3, 0.4) is 0 Å². The minimum atomic E-state index is 0.0527. The van der Waals surface area contributed by atoms with Gasteiger partial charge in [0.2, 0.25) is 0 Å². The Hall–Kier alpha value is -2.72. The zero-order valence-electron chi connectivity index (χ0n) is 18.4. The van der Waals surface area contributed by atoms with E-state index in [1.54, 1.807) is 6.20 Å². The molecule has 1 aromatic carbocycles. The maximum absolute atomic E-state index is 13.1. The number of piperidine rings is 1. The van der Waals surface area contributed by atoms with E-state index in [1.165, 1.54) is 0 Å². The molecule has 5 rings (SSSR count). The van der Waals surface area contributed by atoms with E-state index < -0.39 is 0 Å². The fourth-order valence-corrected chi connectivity index (χ4v) is 6.52. The minimum absolute atomic E-state index is 0.0527. The third kappa shape index (κ3) is 4.24. The second kappa shape index (κ2) is 9.50. The molecule has 2 aromatic heterocycles. The van der Waals surface area contributed by atoms with Crippen LogP contribution in [0.15, 0.2) is 51.7 Å². The molecule has 2 saturated heterocycles. The van der Waals surface area contributed by atoms with Crippen molar-refractivity contribution in [3.63, 3.8) is 0 Å². The lowest BCUT2D eigenvalue weighted by Crippen LogP contribution is -2.59. The minimum Gasteiger partial charge on any atom is -0.339 e. The quantitative estimate of drug-likeness (QED) is 0.428. The first-order chi connectivity index (χ1) is 16.5. The van der Waals surface area contributed by atoms with Crippen molar-refractivity contribution in [2.24, 2.45) is 5.92 Å². The molecule has 2 unspecified atom stereocenters. The summed E-state index contributed by atoms with van der Waals surface area (Å²) in [6.07, 6.45) is 5.96. The fourth-order valence-electron chi connectivity index (χ4n) is 5.22. The van der Waals surface area contributed by atoms with Crippen LogP contribution in [0.25, 0.3) is 11.0 Å². The normalized spacial score (nSPS) is 21.1. The number of nitrogens with zero attached hydrogens (tertiary/aromatic N) is 6. The van der Waals surface area contributed by atoms with E-state index in [-0.39, 0.29) is 18.0 Å². The molecule has 7 nitrogen and oxygen atoms in total. The molecule has 2 aliphatic heterocycles. The molecule has 4 heterocycles. The topological polar surface area (TPSA) is 89.0 Å². The maximum atomic E-state index is 13.1. The van der Waals surface area contributed by atoms with Crippen molar-refractivity contribution >= 4 is 48.8 Å². The number of nitriles is 2. The number of carbonyl (C=O) groups is 1. The van der Waals surface area contributed by atoms with Crippen molar-refractivity contribution < 1.29 is 4.79 Å². The lowest BCUT2D eigenvalue weighted by molar-refractivity contribution is -0.0772. The lowest BCUT2D eigenvalue weighted by atomic mass is 9.87. The molecule has 0 N–H and O–H groups in total. The molecule has 172 valence electrons. The number of hydrogen-bond acceptors (Lipinski definition) is 5. The van der Waals surface area contributed by atoms with Gasteiger partial charge in [0.05, 0.1) is 17.8 Å². The number of aromatic nitrogens is 2. The van der Waals surface area contributed by atoms with Crippen LogP contribution >= 0.6 is 31.9 Å². The van der Waals surface area contributed by atoms with Gasteiger partial charge in [0, 0.05) is 70.3 Å². The Labute approximate surface area is 214 Å². The summed E-state index contributed by atoms with van der Waals surface area (Å²) < 4.78 is 3.90. The Balaban J connectivity index is 1.32. The molecule has 2 atom stereocenters. The Morgan fingerprint density at radius 2 is 1.85 bits per heavy atom. The molecule has 0 aliphatic carbocycles. The van der Waals surface area contributed by atoms with Crippen LogP contribution in [0.2, 0.25) is 0 Å². The van der Waals surface area contributed by atoms with Crippen molar-refractivity contribution in [1.29, 1.82) is 10.5 Å². The van der Waals surface area contributed by atoms with Crippen molar-refractivity contribution in [3.05, 3.63) is 62.8 Å². The van der Waals surface area contributed by atoms with E-state index in [9.17, 15) is 15.3 Å². The molecule has 1 amide bonds. The number of pyridine rings is 1. The van der Waals surface area contributed by atoms with Crippen molar-refractivity contribution in [3.8, 4) is 12.1 Å². The summed E-state index contributed by atoms with van der Waals surface area (Å²) >= 11 is 6.93. The fraction of sp³-hybridized carbons (Fsp3) is 0.360. The highest BCUT2D eigenvalue weighted by Gasteiger charge is 2.45. The summed E-state index contributed by atoms with van der Waals surface area (Å²) in [5.41, 5.74) is 2.06. The lowest BCUT2D eigenvalue weighted by Gasteiger charge is -2.53. The van der Waals surface area contributed by atoms with E-state index in [0.29, 0.717) is 36.7 Å². The van der Waals surface area contributed by atoms with Crippen LogP contribution in [-0.4, -0.2) is 50.9 Å². The number of hydrogen-bond donors (Lipinski definition) is 0. The van der Waals surface area contributed by atoms with Crippen LogP contribution in [0.1, 0.15) is 41.3 Å². The second-order valence-electron chi connectivity index (χ2n) is 8.89. The number of carbonyl (C=O) groups excluding carboxylic acids is 1. The SMILES string of the molecule is N#CCC1CN(C2CCN(C(=O)c3cc(Br)cc(Br)c3)CC2)C1n1ccc2cc(C#N)cnc21. The summed E-state index contributed by atoms with van der Waals surface area (Å²) in [6, 6.07) is 14.3. The average molecular weight is 582 g/mol. The molecule has 2 aliphatic rings. The molecule has 2 fully saturated rings. The van der Waals surface area contributed by atoms with E-state index in [1.807, 2.05) is 41.4 Å². The summed E-state index contributed by atoms with van der Waals surface area (Å²) in [6.45, 7) is 2.28. The van der Waals surface area contributed by atoms with E-state index in [2.05, 4.69) is 58.4 Å². The Bertz CT molecular complexity index is 1310. The standard InChI is InChI=1S/C25H22Br2N6O/c26-20-10-19(11-21(27)12-20)25(34)31-6-3-22(4-7-31)33-15-18(1-5-28)24(33)32-8-2-17-9-16(13-29)14-30-23(17)32/h2,8-12,14,18,22,24H,1,3-4,6-7,15H2. The number of halogens is 2. The number of likely N-dealkylation sites (tertiary alicyclic amines) is 2. The largest absolute Gasteiger partial charge is 0.339 e. The Morgan fingerprint density at radius 3 is 2.53 bits per heavy atom. The highest BCUT2D eigenvalue weighted by molar-refractivity contribution is 9.11. The maximum Gasteiger partial charge on any atom is 0.253 e. The zero-order chi connectivity index (χ0) is 23.8. The highest BCUT2D eigenvalue weighted by Crippen LogP contribution is 2.42. The van der Waals surface area contributed by atoms with Gasteiger partial charge < -0.3 is 9.47 Å². The first-order valence-corrected chi connectivity index (χ1v) is 12.8. The van der Waals surface area contributed by atoms with Gasteiger partial charge in [-0.05, 0) is 43.2 Å². The van der Waals surface area contributed by atoms with E-state index >= 15 is 0 Å². The molecule has 34 heavy (non-hydrogen) atoms. The smallest absolute Gasteiger partial charge is 0.253 e. The summed E-state index contributed by atoms with van der Waals surface area (Å²) in [4.78, 5) is 22.0. The number of benzene rings is 1. The molecule has 9 heteroatoms. The van der Waals surface area contributed by atoms with Crippen LogP contribution in [0.5, 0.6) is 0 Å². The van der Waals surface area contributed by atoms with Gasteiger partial charge in [0.25, 0.3) is 5.91 Å². The monoisotopic (exact) mass is 580 g/mol. The average Bonchev–Trinajstić information content (AvgIpc) is 3.23. The number of amides is 1. The van der Waals surface area contributed by atoms with Crippen LogP contribution in [0.4, 0.5) is 0 Å². The van der Waals surface area contributed by atoms with Crippen LogP contribution in [0, 0.1) is 28.6 Å². The van der Waals surface area contributed by atoms with Gasteiger partial charge >= 0.3 is 0 Å². The first-order valence-electron chi connectivity index (χ1n) is 11.2. The first kappa shape index (κ1) is 23.0. The third-order valence-electron chi connectivity index (χ3n) is 6.86. The molecular formula is C25H22Br2N6O. The van der Waals surface area contributed by atoms with E-state index in [4.69, 9.17) is 0 Å². The predicted molar refractivity (Wildman–Crippen MR) is 135 cm³/mol. The second-order valence-corrected chi connectivity index (χ2v) is 10.7. The summed E-state index contributed by atoms with van der Waals surface area (Å²) in [5, 5.41) is 19.5. The molecule has 0 radical (unpaired) electrons. The molecule has 3 aromatic rings. The Morgan fingerprint density at radius 1 is 1.12 bits per heavy atom. The zero-order valence-corrected chi connectivity index (χ0v) is 21.5. The number of fused-ring (bicyclic) bond motifs is 1. The van der Waals surface area contributed by atoms with E-state index in [0.717, 1.165) is 39.4 Å². The van der Waals surface area contributed by atoms with Crippen LogP contribution < -0.4 is 0 Å². The van der Waals surface area contributed by atoms with Gasteiger partial charge in [0.1, 0.15) is 11.7 Å². The van der Waals surface area contributed by atoms with Gasteiger partial charge in [-0.1, -0.05) is 31.9 Å². The Kier molecular flexibility index (Phi) is 6.44.